The molecule has 0 spiro atoms. The Morgan fingerprint density at radius 2 is 1.62 bits per heavy atom. The fourth-order valence-corrected chi connectivity index (χ4v) is 3.32. The Kier molecular flexibility index (Phi) is 3.38. The maximum atomic E-state index is 12.8. The van der Waals surface area contributed by atoms with Gasteiger partial charge in [-0.15, -0.1) is 0 Å². The maximum Gasteiger partial charge on any atom is 0.266 e. The molecule has 4 rings (SSSR count). The van der Waals surface area contributed by atoms with Crippen LogP contribution < -0.4 is 15.1 Å². The molecule has 0 bridgehead atoms. The number of carbonyl (C=O) groups excluding carboxylic acids is 2. The van der Waals surface area contributed by atoms with Crippen LogP contribution in [0.15, 0.2) is 24.3 Å². The molecule has 2 aliphatic heterocycles. The van der Waals surface area contributed by atoms with Gasteiger partial charge in [0, 0.05) is 33.2 Å². The number of fused-ring (bicyclic) bond motifs is 1. The van der Waals surface area contributed by atoms with Crippen LogP contribution in [0.3, 0.4) is 0 Å². The number of hydrogen-bond donors (Lipinski definition) is 1. The number of nitrogens with zero attached hydrogens (tertiary/aromatic N) is 4. The van der Waals surface area contributed by atoms with Crippen LogP contribution in [0, 0.1) is 6.92 Å². The number of carbonyl (C=O) groups is 2. The van der Waals surface area contributed by atoms with Crippen LogP contribution in [-0.4, -0.2) is 47.8 Å². The Bertz CT molecular complexity index is 801. The lowest BCUT2D eigenvalue weighted by molar-refractivity contribution is 0.0926. The van der Waals surface area contributed by atoms with E-state index in [9.17, 15) is 9.59 Å². The van der Waals surface area contributed by atoms with Gasteiger partial charge < -0.3 is 10.2 Å². The van der Waals surface area contributed by atoms with Gasteiger partial charge in [0.05, 0.1) is 16.8 Å². The van der Waals surface area contributed by atoms with Gasteiger partial charge >= 0.3 is 0 Å². The minimum Gasteiger partial charge on any atom is -0.351 e. The summed E-state index contributed by atoms with van der Waals surface area (Å²) in [6, 6.07) is 6.96. The topological polar surface area (TPSA) is 70.5 Å². The van der Waals surface area contributed by atoms with E-state index in [1.54, 1.807) is 28.9 Å². The molecule has 1 aromatic heterocycles. The summed E-state index contributed by atoms with van der Waals surface area (Å²) in [5.74, 6) is 0.150. The first-order valence-corrected chi connectivity index (χ1v) is 8.06. The minimum absolute atomic E-state index is 0.275. The van der Waals surface area contributed by atoms with E-state index in [1.807, 2.05) is 14.0 Å². The molecule has 124 valence electrons. The Morgan fingerprint density at radius 1 is 1.04 bits per heavy atom. The van der Waals surface area contributed by atoms with Gasteiger partial charge in [-0.25, -0.2) is 4.90 Å². The van der Waals surface area contributed by atoms with E-state index in [2.05, 4.69) is 15.3 Å². The monoisotopic (exact) mass is 325 g/mol. The van der Waals surface area contributed by atoms with E-state index in [1.165, 1.54) is 4.90 Å². The maximum absolute atomic E-state index is 12.8. The summed E-state index contributed by atoms with van der Waals surface area (Å²) in [4.78, 5) is 29.1. The molecule has 0 aliphatic carbocycles. The van der Waals surface area contributed by atoms with Crippen LogP contribution in [0.5, 0.6) is 0 Å². The zero-order valence-corrected chi connectivity index (χ0v) is 13.7. The molecule has 1 fully saturated rings. The van der Waals surface area contributed by atoms with Crippen molar-refractivity contribution >= 4 is 23.3 Å². The van der Waals surface area contributed by atoms with Crippen molar-refractivity contribution in [3.8, 4) is 0 Å². The lowest BCUT2D eigenvalue weighted by Crippen LogP contribution is -2.44. The third kappa shape index (κ3) is 2.05. The Labute approximate surface area is 139 Å². The molecule has 0 atom stereocenters. The molecule has 7 nitrogen and oxygen atoms in total. The molecular weight excluding hydrogens is 306 g/mol. The number of benzene rings is 1. The summed E-state index contributed by atoms with van der Waals surface area (Å²) in [5, 5.41) is 7.88. The van der Waals surface area contributed by atoms with Crippen molar-refractivity contribution < 1.29 is 9.59 Å². The number of hydrogen-bond acceptors (Lipinski definition) is 5. The summed E-state index contributed by atoms with van der Waals surface area (Å²) in [6.45, 7) is 5.20. The number of anilines is 2. The fourth-order valence-electron chi connectivity index (χ4n) is 3.32. The lowest BCUT2D eigenvalue weighted by atomic mass is 10.1. The van der Waals surface area contributed by atoms with E-state index in [0.717, 1.165) is 31.9 Å². The van der Waals surface area contributed by atoms with Crippen LogP contribution in [0.4, 0.5) is 11.5 Å². The first-order valence-electron chi connectivity index (χ1n) is 8.06. The predicted molar refractivity (Wildman–Crippen MR) is 90.6 cm³/mol. The number of rotatable bonds is 2. The van der Waals surface area contributed by atoms with E-state index >= 15 is 0 Å². The highest BCUT2D eigenvalue weighted by molar-refractivity contribution is 6.35. The third-order valence-electron chi connectivity index (χ3n) is 4.72. The average Bonchev–Trinajstić information content (AvgIpc) is 3.04. The molecule has 1 aromatic carbocycles. The molecule has 0 radical (unpaired) electrons. The van der Waals surface area contributed by atoms with Crippen molar-refractivity contribution in [1.82, 2.24) is 15.1 Å². The molecule has 0 unspecified atom stereocenters. The lowest BCUT2D eigenvalue weighted by Gasteiger charge is -2.29. The molecule has 2 aliphatic rings. The molecular formula is C17H19N5O2. The van der Waals surface area contributed by atoms with Crippen molar-refractivity contribution in [2.75, 3.05) is 36.0 Å². The van der Waals surface area contributed by atoms with Crippen molar-refractivity contribution in [3.05, 3.63) is 41.1 Å². The van der Waals surface area contributed by atoms with Crippen molar-refractivity contribution in [3.63, 3.8) is 0 Å². The van der Waals surface area contributed by atoms with Gasteiger partial charge in [-0.1, -0.05) is 12.1 Å². The number of imide groups is 1. The van der Waals surface area contributed by atoms with Gasteiger partial charge in [0.25, 0.3) is 11.8 Å². The highest BCUT2D eigenvalue weighted by Gasteiger charge is 2.40. The van der Waals surface area contributed by atoms with Gasteiger partial charge in [0.2, 0.25) is 0 Å². The number of aromatic nitrogens is 2. The van der Waals surface area contributed by atoms with E-state index < -0.39 is 0 Å². The third-order valence-corrected chi connectivity index (χ3v) is 4.72. The molecule has 2 amide bonds. The number of amides is 2. The Morgan fingerprint density at radius 3 is 2.21 bits per heavy atom. The number of piperazine rings is 1. The van der Waals surface area contributed by atoms with E-state index in [-0.39, 0.29) is 11.8 Å². The number of nitrogens with one attached hydrogen (secondary N) is 1. The summed E-state index contributed by atoms with van der Waals surface area (Å²) in [5.41, 5.74) is 2.32. The predicted octanol–water partition coefficient (Wildman–Crippen LogP) is 0.939. The van der Waals surface area contributed by atoms with Crippen LogP contribution in [0.1, 0.15) is 26.4 Å². The zero-order valence-electron chi connectivity index (χ0n) is 13.7. The van der Waals surface area contributed by atoms with E-state index in [4.69, 9.17) is 0 Å². The second-order valence-electron chi connectivity index (χ2n) is 6.11. The Balaban J connectivity index is 1.83. The molecule has 24 heavy (non-hydrogen) atoms. The second-order valence-corrected chi connectivity index (χ2v) is 6.11. The molecule has 2 aromatic rings. The van der Waals surface area contributed by atoms with Crippen molar-refractivity contribution in [1.29, 1.82) is 0 Å². The minimum atomic E-state index is -0.275. The highest BCUT2D eigenvalue weighted by Crippen LogP contribution is 2.37. The number of aryl methyl sites for hydroxylation is 1. The molecule has 0 saturated carbocycles. The van der Waals surface area contributed by atoms with Crippen LogP contribution >= 0.6 is 0 Å². The summed E-state index contributed by atoms with van der Waals surface area (Å²) in [7, 11) is 1.84. The van der Waals surface area contributed by atoms with Gasteiger partial charge in [-0.2, -0.15) is 5.10 Å². The zero-order chi connectivity index (χ0) is 16.8. The van der Waals surface area contributed by atoms with Crippen molar-refractivity contribution in [2.45, 2.75) is 6.92 Å². The van der Waals surface area contributed by atoms with Gasteiger partial charge in [-0.3, -0.25) is 14.3 Å². The van der Waals surface area contributed by atoms with Gasteiger partial charge in [0.15, 0.2) is 5.82 Å². The average molecular weight is 325 g/mol. The van der Waals surface area contributed by atoms with Crippen LogP contribution in [0.2, 0.25) is 0 Å². The van der Waals surface area contributed by atoms with Crippen molar-refractivity contribution in [2.24, 2.45) is 7.05 Å². The quantitative estimate of drug-likeness (QED) is 0.832. The summed E-state index contributed by atoms with van der Waals surface area (Å²) < 4.78 is 1.73. The molecule has 1 N–H and O–H groups in total. The summed E-state index contributed by atoms with van der Waals surface area (Å²) in [6.07, 6.45) is 0. The first-order chi connectivity index (χ1) is 11.6. The Hall–Kier alpha value is -2.67. The largest absolute Gasteiger partial charge is 0.351 e. The SMILES string of the molecule is Cc1c(N2C(=O)c3ccccc3C2=O)c(N2CCNCC2)nn1C. The standard InChI is InChI=1S/C17H19N5O2/c1-11-14(15(19-20(11)2)21-9-7-18-8-10-21)22-16(23)12-5-3-4-6-13(12)17(22)24/h3-6,18H,7-10H2,1-2H3. The van der Waals surface area contributed by atoms with Crippen LogP contribution in [-0.2, 0) is 7.05 Å². The van der Waals surface area contributed by atoms with Gasteiger partial charge in [-0.05, 0) is 19.1 Å². The second kappa shape index (κ2) is 5.45. The van der Waals surface area contributed by atoms with Crippen LogP contribution in [0.25, 0.3) is 0 Å². The molecule has 7 heteroatoms. The fraction of sp³-hybridized carbons (Fsp3) is 0.353. The first kappa shape index (κ1) is 14.9. The van der Waals surface area contributed by atoms with Gasteiger partial charge in [0.1, 0.15) is 5.69 Å². The molecule has 1 saturated heterocycles. The normalized spacial score (nSPS) is 17.6. The summed E-state index contributed by atoms with van der Waals surface area (Å²) >= 11 is 0. The van der Waals surface area contributed by atoms with E-state index in [0.29, 0.717) is 22.6 Å². The molecule has 3 heterocycles. The smallest absolute Gasteiger partial charge is 0.266 e. The highest BCUT2D eigenvalue weighted by atomic mass is 16.2.